The van der Waals surface area contributed by atoms with E-state index in [0.717, 1.165) is 18.8 Å². The molecule has 0 spiro atoms. The second-order valence-corrected chi connectivity index (χ2v) is 3.17. The maximum absolute atomic E-state index is 8.35. The summed E-state index contributed by atoms with van der Waals surface area (Å²) in [6.45, 7) is 5.08. The molecule has 1 unspecified atom stereocenters. The summed E-state index contributed by atoms with van der Waals surface area (Å²) in [5, 5.41) is 10.8. The molecule has 0 saturated heterocycles. The van der Waals surface area contributed by atoms with Crippen molar-refractivity contribution >= 4 is 22.4 Å². The van der Waals surface area contributed by atoms with Crippen molar-refractivity contribution in [2.75, 3.05) is 6.61 Å². The Balaban J connectivity index is -0.000000140. The molecule has 0 aliphatic heterocycles. The van der Waals surface area contributed by atoms with Crippen LogP contribution < -0.4 is 0 Å². The van der Waals surface area contributed by atoms with Gasteiger partial charge >= 0.3 is 0 Å². The van der Waals surface area contributed by atoms with Crippen LogP contribution in [-0.2, 0) is 14.3 Å². The van der Waals surface area contributed by atoms with E-state index in [1.54, 1.807) is 0 Å². The molecule has 0 radical (unpaired) electrons. The third-order valence-corrected chi connectivity index (χ3v) is 2.18. The van der Waals surface area contributed by atoms with Crippen LogP contribution in [0.15, 0.2) is 0 Å². The molecule has 0 rings (SSSR count). The predicted molar refractivity (Wildman–Crippen MR) is 52.5 cm³/mol. The highest BCUT2D eigenvalue weighted by Gasteiger charge is 1.91. The molecular formula is C7H16N2O3Si. The second kappa shape index (κ2) is 22.4. The van der Waals surface area contributed by atoms with E-state index in [-0.39, 0.29) is 0 Å². The molecule has 0 aliphatic rings. The first-order valence-electron chi connectivity index (χ1n) is 3.83. The van der Waals surface area contributed by atoms with Crippen molar-refractivity contribution in [1.29, 1.82) is 10.8 Å². The molecule has 5 nitrogen and oxygen atoms in total. The molecule has 0 bridgehead atoms. The zero-order valence-corrected chi connectivity index (χ0v) is 10.2. The molecule has 76 valence electrons. The Labute approximate surface area is 80.9 Å². The number of carbonyl (C=O) groups excluding carboxylic acids is 2. The van der Waals surface area contributed by atoms with Gasteiger partial charge in [-0.1, -0.05) is 6.92 Å². The van der Waals surface area contributed by atoms with Crippen molar-refractivity contribution in [3.8, 4) is 0 Å². The largest absolute Gasteiger partial charge is 0.383 e. The van der Waals surface area contributed by atoms with Crippen molar-refractivity contribution in [2.24, 2.45) is 0 Å². The summed E-state index contributed by atoms with van der Waals surface area (Å²) in [7, 11) is 1.18. The first kappa shape index (κ1) is 17.9. The van der Waals surface area contributed by atoms with E-state index in [1.807, 2.05) is 6.92 Å². The molecule has 6 heteroatoms. The number of ether oxygens (including phenoxy) is 1. The highest BCUT2D eigenvalue weighted by Crippen LogP contribution is 1.88. The minimum Gasteiger partial charge on any atom is -0.383 e. The van der Waals surface area contributed by atoms with E-state index in [4.69, 9.17) is 25.1 Å². The van der Waals surface area contributed by atoms with Gasteiger partial charge < -0.3 is 4.74 Å². The van der Waals surface area contributed by atoms with Gasteiger partial charge in [-0.25, -0.2) is 20.4 Å². The maximum Gasteiger partial charge on any atom is 0.231 e. The predicted octanol–water partition coefficient (Wildman–Crippen LogP) is -0.0737. The number of hydrogen-bond acceptors (Lipinski definition) is 5. The van der Waals surface area contributed by atoms with Crippen molar-refractivity contribution < 1.29 is 14.3 Å². The lowest BCUT2D eigenvalue weighted by Gasteiger charge is -2.05. The summed E-state index contributed by atoms with van der Waals surface area (Å²) in [4.78, 5) is 16.7. The average molecular weight is 204 g/mol. The van der Waals surface area contributed by atoms with E-state index >= 15 is 0 Å². The van der Waals surface area contributed by atoms with E-state index in [9.17, 15) is 0 Å². The van der Waals surface area contributed by atoms with Crippen LogP contribution in [0, 0.1) is 10.8 Å². The lowest BCUT2D eigenvalue weighted by atomic mass is 10.5. The van der Waals surface area contributed by atoms with Gasteiger partial charge in [-0.2, -0.15) is 0 Å². The quantitative estimate of drug-likeness (QED) is 0.383. The average Bonchev–Trinajstić information content (AvgIpc) is 2.07. The molecule has 0 aromatic heterocycles. The highest BCUT2D eigenvalue weighted by molar-refractivity contribution is 6.10. The minimum absolute atomic E-state index is 0.588. The van der Waals surface area contributed by atoms with E-state index in [2.05, 4.69) is 6.92 Å². The molecule has 0 aliphatic carbocycles. The Morgan fingerprint density at radius 2 is 1.62 bits per heavy atom. The molecule has 0 fully saturated rings. The van der Waals surface area contributed by atoms with Crippen molar-refractivity contribution in [3.05, 3.63) is 0 Å². The van der Waals surface area contributed by atoms with Gasteiger partial charge in [-0.3, -0.25) is 0 Å². The lowest BCUT2D eigenvalue weighted by Crippen LogP contribution is -2.09. The summed E-state index contributed by atoms with van der Waals surface area (Å²) < 4.78 is 5.25. The fourth-order valence-corrected chi connectivity index (χ4v) is 0.736. The monoisotopic (exact) mass is 204 g/mol. The van der Waals surface area contributed by atoms with Gasteiger partial charge in [0.05, 0.1) is 0 Å². The van der Waals surface area contributed by atoms with Gasteiger partial charge in [0.15, 0.2) is 0 Å². The topological polar surface area (TPSA) is 91.1 Å². The highest BCUT2D eigenvalue weighted by atomic mass is 28.1. The summed E-state index contributed by atoms with van der Waals surface area (Å²) in [6.07, 6.45) is 2.68. The maximum atomic E-state index is 8.35. The van der Waals surface area contributed by atoms with Crippen LogP contribution in [0.1, 0.15) is 20.3 Å². The van der Waals surface area contributed by atoms with Crippen molar-refractivity contribution in [2.45, 2.75) is 26.0 Å². The summed E-state index contributed by atoms with van der Waals surface area (Å²) in [5.41, 5.74) is 0.588. The second-order valence-electron chi connectivity index (χ2n) is 1.88. The van der Waals surface area contributed by atoms with Crippen LogP contribution in [0.5, 0.6) is 0 Å². The molecule has 13 heavy (non-hydrogen) atoms. The van der Waals surface area contributed by atoms with Gasteiger partial charge in [0, 0.05) is 22.6 Å². The smallest absolute Gasteiger partial charge is 0.231 e. The van der Waals surface area contributed by atoms with Gasteiger partial charge in [0.2, 0.25) is 12.2 Å². The van der Waals surface area contributed by atoms with Crippen LogP contribution in [0.2, 0.25) is 0 Å². The Kier molecular flexibility index (Phi) is 30.9. The normalized spacial score (nSPS) is 9.08. The third kappa shape index (κ3) is 56.4. The standard InChI is InChI=1S/C5H14OSi.2CHNO/c1-3-5(7)6-4-2;2*2-1-3/h5H,3-4H2,1-2,7H3;2*2H. The van der Waals surface area contributed by atoms with E-state index in [1.165, 1.54) is 16.7 Å². The van der Waals surface area contributed by atoms with Gasteiger partial charge in [0.1, 0.15) is 0 Å². The number of nitrogens with one attached hydrogen (secondary N) is 2. The van der Waals surface area contributed by atoms with Crippen molar-refractivity contribution in [1.82, 2.24) is 0 Å². The Hall–Kier alpha value is -1.06. The zero-order valence-electron chi connectivity index (χ0n) is 8.22. The van der Waals surface area contributed by atoms with Crippen LogP contribution in [-0.4, -0.2) is 34.7 Å². The molecule has 2 N–H and O–H groups in total. The molecule has 0 amide bonds. The molecule has 0 aromatic carbocycles. The van der Waals surface area contributed by atoms with Gasteiger partial charge in [-0.05, 0) is 13.3 Å². The number of rotatable bonds is 3. The molecular weight excluding hydrogens is 188 g/mol. The van der Waals surface area contributed by atoms with Gasteiger partial charge in [0.25, 0.3) is 0 Å². The Morgan fingerprint density at radius 1 is 1.31 bits per heavy atom. The molecule has 1 atom stereocenters. The fourth-order valence-electron chi connectivity index (χ4n) is 0.402. The number of isocyanates is 2. The summed E-state index contributed by atoms with van der Waals surface area (Å²) >= 11 is 0. The molecule has 0 saturated carbocycles. The lowest BCUT2D eigenvalue weighted by molar-refractivity contribution is 0.117. The zero-order chi connectivity index (χ0) is 11.1. The van der Waals surface area contributed by atoms with Crippen LogP contribution in [0.25, 0.3) is 0 Å². The van der Waals surface area contributed by atoms with E-state index in [0.29, 0.717) is 5.73 Å². The minimum atomic E-state index is 0.588. The number of hydrogen-bond donors (Lipinski definition) is 2. The van der Waals surface area contributed by atoms with Crippen LogP contribution >= 0.6 is 0 Å². The first-order chi connectivity index (χ1) is 6.14. The Morgan fingerprint density at radius 3 is 1.69 bits per heavy atom. The van der Waals surface area contributed by atoms with Crippen LogP contribution in [0.3, 0.4) is 0 Å². The Bertz CT molecular complexity index is 140. The molecule has 0 heterocycles. The SMILES string of the molecule is CCOC([SiH3])CC.N=C=O.N=C=O. The summed E-state index contributed by atoms with van der Waals surface area (Å²) in [6, 6.07) is 0. The van der Waals surface area contributed by atoms with Crippen LogP contribution in [0.4, 0.5) is 0 Å². The van der Waals surface area contributed by atoms with Crippen molar-refractivity contribution in [3.63, 3.8) is 0 Å². The summed E-state index contributed by atoms with van der Waals surface area (Å²) in [5.74, 6) is 0. The molecule has 0 aromatic rings. The first-order valence-corrected chi connectivity index (χ1v) is 4.99. The van der Waals surface area contributed by atoms with Gasteiger partial charge in [-0.15, -0.1) is 0 Å². The fraction of sp³-hybridized carbons (Fsp3) is 0.714. The third-order valence-electron chi connectivity index (χ3n) is 1.03. The van der Waals surface area contributed by atoms with E-state index < -0.39 is 0 Å².